The van der Waals surface area contributed by atoms with Gasteiger partial charge in [-0.3, -0.25) is 0 Å². The van der Waals surface area contributed by atoms with Gasteiger partial charge in [-0.2, -0.15) is 22.0 Å². The highest BCUT2D eigenvalue weighted by atomic mass is 19.4. The molecule has 8 heteroatoms. The van der Waals surface area contributed by atoms with Gasteiger partial charge in [-0.15, -0.1) is 0 Å². The molecule has 0 spiro atoms. The van der Waals surface area contributed by atoms with Crippen molar-refractivity contribution in [3.8, 4) is 5.75 Å². The van der Waals surface area contributed by atoms with E-state index in [4.69, 9.17) is 4.74 Å². The summed E-state index contributed by atoms with van der Waals surface area (Å²) in [5.41, 5.74) is -0.204. The second kappa shape index (κ2) is 12.5. The van der Waals surface area contributed by atoms with Crippen molar-refractivity contribution in [2.75, 3.05) is 6.61 Å². The first kappa shape index (κ1) is 29.0. The molecule has 0 saturated heterocycles. The van der Waals surface area contributed by atoms with E-state index in [0.29, 0.717) is 17.4 Å². The van der Waals surface area contributed by atoms with Gasteiger partial charge in [-0.1, -0.05) is 74.0 Å². The number of hydrogen-bond acceptors (Lipinski definition) is 2. The summed E-state index contributed by atoms with van der Waals surface area (Å²) in [4.78, 5) is 0. The van der Waals surface area contributed by atoms with E-state index >= 15 is 13.2 Å². The SMILES string of the molecule is CCC1CCC(c2ccc(C(F)(F)c3c(OCc4ccccc4)ccc(COCC(F)(F)F)c3F)cc2)CC1. The molecule has 1 fully saturated rings. The Kier molecular flexibility index (Phi) is 9.26. The fraction of sp³-hybridized carbons (Fsp3) is 0.419. The van der Waals surface area contributed by atoms with Crippen LogP contribution in [0.3, 0.4) is 0 Å². The molecule has 2 nitrogen and oxygen atoms in total. The third kappa shape index (κ3) is 7.35. The highest BCUT2D eigenvalue weighted by Gasteiger charge is 2.41. The van der Waals surface area contributed by atoms with E-state index in [-0.39, 0.29) is 12.4 Å². The number of benzene rings is 3. The van der Waals surface area contributed by atoms with Crippen molar-refractivity contribution in [2.24, 2.45) is 5.92 Å². The zero-order chi connectivity index (χ0) is 28.0. The Morgan fingerprint density at radius 3 is 2.08 bits per heavy atom. The average molecular weight is 551 g/mol. The van der Waals surface area contributed by atoms with Crippen LogP contribution in [0.1, 0.15) is 72.8 Å². The summed E-state index contributed by atoms with van der Waals surface area (Å²) in [5.74, 6) is -4.55. The van der Waals surface area contributed by atoms with Gasteiger partial charge in [0.25, 0.3) is 0 Å². The number of ether oxygens (including phenoxy) is 2. The summed E-state index contributed by atoms with van der Waals surface area (Å²) in [6, 6.07) is 17.0. The molecule has 0 aliphatic heterocycles. The first-order valence-electron chi connectivity index (χ1n) is 13.2. The summed E-state index contributed by atoms with van der Waals surface area (Å²) in [5, 5.41) is 0. The molecule has 39 heavy (non-hydrogen) atoms. The molecular weight excluding hydrogens is 518 g/mol. The average Bonchev–Trinajstić information content (AvgIpc) is 2.93. The molecule has 1 saturated carbocycles. The smallest absolute Gasteiger partial charge is 0.411 e. The van der Waals surface area contributed by atoms with Crippen LogP contribution in [0.5, 0.6) is 5.75 Å². The number of hydrogen-bond donors (Lipinski definition) is 0. The maximum absolute atomic E-state index is 16.0. The van der Waals surface area contributed by atoms with Crippen LogP contribution in [0.4, 0.5) is 26.3 Å². The molecule has 0 bridgehead atoms. The van der Waals surface area contributed by atoms with Crippen LogP contribution in [0, 0.1) is 11.7 Å². The van der Waals surface area contributed by atoms with E-state index in [2.05, 4.69) is 11.7 Å². The van der Waals surface area contributed by atoms with E-state index in [0.717, 1.165) is 49.8 Å². The van der Waals surface area contributed by atoms with E-state index in [1.54, 1.807) is 42.5 Å². The molecule has 210 valence electrons. The third-order valence-electron chi connectivity index (χ3n) is 7.43. The Labute approximate surface area is 225 Å². The Balaban J connectivity index is 1.62. The Bertz CT molecular complexity index is 1200. The van der Waals surface area contributed by atoms with Gasteiger partial charge >= 0.3 is 12.1 Å². The largest absolute Gasteiger partial charge is 0.488 e. The predicted molar refractivity (Wildman–Crippen MR) is 137 cm³/mol. The number of alkyl halides is 5. The van der Waals surface area contributed by atoms with Crippen molar-refractivity contribution in [1.82, 2.24) is 0 Å². The van der Waals surface area contributed by atoms with Crippen molar-refractivity contribution < 1.29 is 35.8 Å². The standard InChI is InChI=1S/C31H32F6O2/c1-2-21-8-10-23(11-9-21)24-12-15-26(16-13-24)31(36,37)28-27(39-18-22-6-4-3-5-7-22)17-14-25(29(28)32)19-38-20-30(33,34)35/h3-7,12-17,21,23H,2,8-11,18-20H2,1H3. The lowest BCUT2D eigenvalue weighted by atomic mass is 9.77. The second-order valence-electron chi connectivity index (χ2n) is 10.1. The molecular formula is C31H32F6O2. The Morgan fingerprint density at radius 1 is 0.795 bits per heavy atom. The monoisotopic (exact) mass is 550 g/mol. The van der Waals surface area contributed by atoms with Crippen molar-refractivity contribution in [3.63, 3.8) is 0 Å². The van der Waals surface area contributed by atoms with E-state index in [1.807, 2.05) is 0 Å². The van der Waals surface area contributed by atoms with Gasteiger partial charge < -0.3 is 9.47 Å². The molecule has 0 heterocycles. The molecule has 1 aliphatic rings. The minimum absolute atomic E-state index is 0.0906. The molecule has 4 rings (SSSR count). The zero-order valence-electron chi connectivity index (χ0n) is 21.7. The molecule has 0 unspecified atom stereocenters. The number of halogens is 6. The van der Waals surface area contributed by atoms with Gasteiger partial charge in [-0.05, 0) is 54.7 Å². The van der Waals surface area contributed by atoms with Gasteiger partial charge in [0, 0.05) is 11.1 Å². The molecule has 0 atom stereocenters. The van der Waals surface area contributed by atoms with Gasteiger partial charge in [0.05, 0.1) is 6.61 Å². The lowest BCUT2D eigenvalue weighted by Crippen LogP contribution is -2.21. The van der Waals surface area contributed by atoms with E-state index in [1.165, 1.54) is 12.1 Å². The maximum Gasteiger partial charge on any atom is 0.411 e. The maximum atomic E-state index is 16.0. The molecule has 0 amide bonds. The van der Waals surface area contributed by atoms with E-state index in [9.17, 15) is 13.2 Å². The first-order valence-corrected chi connectivity index (χ1v) is 13.2. The normalized spacial score (nSPS) is 18.2. The van der Waals surface area contributed by atoms with Crippen LogP contribution >= 0.6 is 0 Å². The summed E-state index contributed by atoms with van der Waals surface area (Å²) < 4.78 is 95.2. The molecule has 0 N–H and O–H groups in total. The van der Waals surface area contributed by atoms with Gasteiger partial charge in [0.2, 0.25) is 0 Å². The molecule has 0 aromatic heterocycles. The summed E-state index contributed by atoms with van der Waals surface area (Å²) >= 11 is 0. The van der Waals surface area contributed by atoms with Crippen molar-refractivity contribution in [2.45, 2.75) is 70.3 Å². The lowest BCUT2D eigenvalue weighted by molar-refractivity contribution is -0.176. The van der Waals surface area contributed by atoms with Crippen LogP contribution in [0.25, 0.3) is 0 Å². The van der Waals surface area contributed by atoms with Gasteiger partial charge in [-0.25, -0.2) is 4.39 Å². The number of rotatable bonds is 10. The second-order valence-corrected chi connectivity index (χ2v) is 10.1. The van der Waals surface area contributed by atoms with Crippen molar-refractivity contribution in [3.05, 3.63) is 100 Å². The third-order valence-corrected chi connectivity index (χ3v) is 7.43. The molecule has 1 aliphatic carbocycles. The fourth-order valence-electron chi connectivity index (χ4n) is 5.15. The quantitative estimate of drug-likeness (QED) is 0.234. The minimum atomic E-state index is -4.63. The summed E-state index contributed by atoms with van der Waals surface area (Å²) in [6.45, 7) is -0.345. The summed E-state index contributed by atoms with van der Waals surface area (Å²) in [6.07, 6.45) is 0.726. The molecule has 3 aromatic rings. The van der Waals surface area contributed by atoms with Crippen LogP contribution in [0.2, 0.25) is 0 Å². The van der Waals surface area contributed by atoms with Crippen LogP contribution in [-0.4, -0.2) is 12.8 Å². The topological polar surface area (TPSA) is 18.5 Å². The van der Waals surface area contributed by atoms with Crippen molar-refractivity contribution in [1.29, 1.82) is 0 Å². The van der Waals surface area contributed by atoms with Gasteiger partial charge in [0.15, 0.2) is 0 Å². The van der Waals surface area contributed by atoms with Crippen LogP contribution < -0.4 is 4.74 Å². The minimum Gasteiger partial charge on any atom is -0.488 e. The van der Waals surface area contributed by atoms with Crippen LogP contribution in [0.15, 0.2) is 66.7 Å². The Hall–Kier alpha value is -3.00. The molecule has 3 aromatic carbocycles. The van der Waals surface area contributed by atoms with Crippen LogP contribution in [-0.2, 0) is 23.9 Å². The molecule has 0 radical (unpaired) electrons. The van der Waals surface area contributed by atoms with Gasteiger partial charge in [0.1, 0.15) is 30.3 Å². The van der Waals surface area contributed by atoms with Crippen molar-refractivity contribution >= 4 is 0 Å². The lowest BCUT2D eigenvalue weighted by Gasteiger charge is -2.28. The zero-order valence-corrected chi connectivity index (χ0v) is 21.7. The highest BCUT2D eigenvalue weighted by molar-refractivity contribution is 5.47. The van der Waals surface area contributed by atoms with E-state index < -0.39 is 47.8 Å². The Morgan fingerprint density at radius 2 is 1.46 bits per heavy atom. The first-order chi connectivity index (χ1) is 18.6. The predicted octanol–water partition coefficient (Wildman–Crippen LogP) is 9.31. The summed E-state index contributed by atoms with van der Waals surface area (Å²) in [7, 11) is 0. The fourth-order valence-corrected chi connectivity index (χ4v) is 5.15. The highest BCUT2D eigenvalue weighted by Crippen LogP contribution is 2.44.